The van der Waals surface area contributed by atoms with Crippen molar-refractivity contribution in [3.8, 4) is 0 Å². The zero-order valence-corrected chi connectivity index (χ0v) is 12.3. The number of hydrogen-bond donors (Lipinski definition) is 1. The standard InChI is InChI=1S/C15H23N3O2/c1-3-4-11-5-7-12(8-6-11)17-13-9-10-16-14(18-13)15(19)20-2/h9-12H,3-8H2,1-2H3,(H,16,17,18). The first-order valence-corrected chi connectivity index (χ1v) is 7.40. The van der Waals surface area contributed by atoms with Gasteiger partial charge < -0.3 is 10.1 Å². The van der Waals surface area contributed by atoms with E-state index in [2.05, 4.69) is 26.9 Å². The Balaban J connectivity index is 1.89. The number of rotatable bonds is 5. The van der Waals surface area contributed by atoms with Crippen molar-refractivity contribution in [1.82, 2.24) is 9.97 Å². The summed E-state index contributed by atoms with van der Waals surface area (Å²) in [7, 11) is 1.33. The molecule has 0 aromatic carbocycles. The molecule has 0 spiro atoms. The molecule has 0 saturated heterocycles. The average Bonchev–Trinajstić information content (AvgIpc) is 2.49. The van der Waals surface area contributed by atoms with Crippen LogP contribution < -0.4 is 5.32 Å². The molecule has 1 heterocycles. The van der Waals surface area contributed by atoms with Crippen LogP contribution >= 0.6 is 0 Å². The molecule has 1 aliphatic rings. The van der Waals surface area contributed by atoms with Crippen LogP contribution in [0, 0.1) is 5.92 Å². The van der Waals surface area contributed by atoms with E-state index in [1.54, 1.807) is 12.3 Å². The Bertz CT molecular complexity index is 442. The van der Waals surface area contributed by atoms with Crippen LogP contribution in [0.3, 0.4) is 0 Å². The van der Waals surface area contributed by atoms with E-state index in [0.29, 0.717) is 11.9 Å². The first-order valence-electron chi connectivity index (χ1n) is 7.40. The van der Waals surface area contributed by atoms with Crippen LogP contribution in [0.15, 0.2) is 12.3 Å². The molecule has 2 rings (SSSR count). The molecule has 1 N–H and O–H groups in total. The predicted molar refractivity (Wildman–Crippen MR) is 77.6 cm³/mol. The van der Waals surface area contributed by atoms with Crippen LogP contribution in [-0.2, 0) is 4.74 Å². The first-order chi connectivity index (χ1) is 9.72. The molecule has 0 bridgehead atoms. The van der Waals surface area contributed by atoms with Crippen LogP contribution in [0.2, 0.25) is 0 Å². The number of methoxy groups -OCH3 is 1. The molecule has 0 atom stereocenters. The van der Waals surface area contributed by atoms with Gasteiger partial charge in [-0.05, 0) is 37.7 Å². The molecule has 0 unspecified atom stereocenters. The van der Waals surface area contributed by atoms with E-state index < -0.39 is 5.97 Å². The SMILES string of the molecule is CCCC1CCC(Nc2ccnc(C(=O)OC)n2)CC1. The summed E-state index contributed by atoms with van der Waals surface area (Å²) in [6, 6.07) is 2.24. The lowest BCUT2D eigenvalue weighted by Gasteiger charge is -2.29. The van der Waals surface area contributed by atoms with Gasteiger partial charge >= 0.3 is 5.97 Å². The van der Waals surface area contributed by atoms with Gasteiger partial charge in [0.25, 0.3) is 0 Å². The normalized spacial score (nSPS) is 22.3. The summed E-state index contributed by atoms with van der Waals surface area (Å²) in [5.41, 5.74) is 0. The Kier molecular flexibility index (Phi) is 5.32. The lowest BCUT2D eigenvalue weighted by atomic mass is 9.83. The fraction of sp³-hybridized carbons (Fsp3) is 0.667. The second-order valence-electron chi connectivity index (χ2n) is 5.41. The number of aromatic nitrogens is 2. The minimum atomic E-state index is -0.500. The summed E-state index contributed by atoms with van der Waals surface area (Å²) in [6.45, 7) is 2.25. The largest absolute Gasteiger partial charge is 0.463 e. The summed E-state index contributed by atoms with van der Waals surface area (Å²) < 4.78 is 4.63. The van der Waals surface area contributed by atoms with E-state index in [9.17, 15) is 4.79 Å². The summed E-state index contributed by atoms with van der Waals surface area (Å²) in [5.74, 6) is 1.20. The Hall–Kier alpha value is -1.65. The third-order valence-electron chi connectivity index (χ3n) is 3.92. The van der Waals surface area contributed by atoms with Crippen molar-refractivity contribution < 1.29 is 9.53 Å². The summed E-state index contributed by atoms with van der Waals surface area (Å²) in [6.07, 6.45) is 9.10. The van der Waals surface area contributed by atoms with Crippen LogP contribution in [0.1, 0.15) is 56.1 Å². The molecule has 1 saturated carbocycles. The summed E-state index contributed by atoms with van der Waals surface area (Å²) >= 11 is 0. The molecule has 110 valence electrons. The van der Waals surface area contributed by atoms with Gasteiger partial charge in [-0.2, -0.15) is 0 Å². The zero-order valence-electron chi connectivity index (χ0n) is 12.3. The Morgan fingerprint density at radius 2 is 2.15 bits per heavy atom. The van der Waals surface area contributed by atoms with Crippen molar-refractivity contribution >= 4 is 11.8 Å². The lowest BCUT2D eigenvalue weighted by molar-refractivity contribution is 0.0587. The van der Waals surface area contributed by atoms with Crippen LogP contribution in [0.4, 0.5) is 5.82 Å². The van der Waals surface area contributed by atoms with Crippen LogP contribution in [0.5, 0.6) is 0 Å². The lowest BCUT2D eigenvalue weighted by Crippen LogP contribution is -2.26. The van der Waals surface area contributed by atoms with Gasteiger partial charge in [0.2, 0.25) is 5.82 Å². The minimum Gasteiger partial charge on any atom is -0.463 e. The highest BCUT2D eigenvalue weighted by Gasteiger charge is 2.21. The quantitative estimate of drug-likeness (QED) is 0.838. The van der Waals surface area contributed by atoms with Gasteiger partial charge in [-0.1, -0.05) is 19.8 Å². The van der Waals surface area contributed by atoms with E-state index in [0.717, 1.165) is 5.92 Å². The Morgan fingerprint density at radius 1 is 1.40 bits per heavy atom. The molecule has 0 amide bonds. The van der Waals surface area contributed by atoms with Crippen molar-refractivity contribution in [2.75, 3.05) is 12.4 Å². The van der Waals surface area contributed by atoms with Crippen molar-refractivity contribution in [2.24, 2.45) is 5.92 Å². The van der Waals surface area contributed by atoms with Gasteiger partial charge in [0.1, 0.15) is 5.82 Å². The van der Waals surface area contributed by atoms with Crippen LogP contribution in [-0.4, -0.2) is 29.1 Å². The number of carbonyl (C=O) groups is 1. The predicted octanol–water partition coefficient (Wildman–Crippen LogP) is 3.03. The fourth-order valence-corrected chi connectivity index (χ4v) is 2.84. The maximum atomic E-state index is 11.4. The van der Waals surface area contributed by atoms with Gasteiger partial charge in [0, 0.05) is 12.2 Å². The van der Waals surface area contributed by atoms with E-state index >= 15 is 0 Å². The number of nitrogens with one attached hydrogen (secondary N) is 1. The summed E-state index contributed by atoms with van der Waals surface area (Å²) in [5, 5.41) is 3.40. The number of hydrogen-bond acceptors (Lipinski definition) is 5. The molecule has 0 radical (unpaired) electrons. The number of carbonyl (C=O) groups excluding carboxylic acids is 1. The molecule has 5 heteroatoms. The Labute approximate surface area is 120 Å². The van der Waals surface area contributed by atoms with Gasteiger partial charge in [-0.3, -0.25) is 0 Å². The molecular formula is C15H23N3O2. The fourth-order valence-electron chi connectivity index (χ4n) is 2.84. The average molecular weight is 277 g/mol. The molecular weight excluding hydrogens is 254 g/mol. The van der Waals surface area contributed by atoms with E-state index in [4.69, 9.17) is 0 Å². The molecule has 5 nitrogen and oxygen atoms in total. The second kappa shape index (κ2) is 7.22. The second-order valence-corrected chi connectivity index (χ2v) is 5.41. The highest BCUT2D eigenvalue weighted by atomic mass is 16.5. The van der Waals surface area contributed by atoms with Gasteiger partial charge in [-0.15, -0.1) is 0 Å². The topological polar surface area (TPSA) is 64.1 Å². The smallest absolute Gasteiger partial charge is 0.376 e. The molecule has 1 aromatic heterocycles. The van der Waals surface area contributed by atoms with E-state index in [1.807, 2.05) is 0 Å². The molecule has 1 fully saturated rings. The van der Waals surface area contributed by atoms with Gasteiger partial charge in [0.05, 0.1) is 7.11 Å². The van der Waals surface area contributed by atoms with Crippen molar-refractivity contribution in [3.05, 3.63) is 18.1 Å². The molecule has 0 aliphatic heterocycles. The first kappa shape index (κ1) is 14.8. The van der Waals surface area contributed by atoms with Crippen molar-refractivity contribution in [1.29, 1.82) is 0 Å². The zero-order chi connectivity index (χ0) is 14.4. The maximum absolute atomic E-state index is 11.4. The number of esters is 1. The minimum absolute atomic E-state index is 0.108. The van der Waals surface area contributed by atoms with E-state index in [1.165, 1.54) is 45.6 Å². The van der Waals surface area contributed by atoms with Gasteiger partial charge in [-0.25, -0.2) is 14.8 Å². The molecule has 1 aliphatic carbocycles. The number of anilines is 1. The Morgan fingerprint density at radius 3 is 2.80 bits per heavy atom. The number of nitrogens with zero attached hydrogens (tertiary/aromatic N) is 2. The van der Waals surface area contributed by atoms with E-state index in [-0.39, 0.29) is 5.82 Å². The van der Waals surface area contributed by atoms with Crippen molar-refractivity contribution in [2.45, 2.75) is 51.5 Å². The van der Waals surface area contributed by atoms with Gasteiger partial charge in [0.15, 0.2) is 0 Å². The van der Waals surface area contributed by atoms with Crippen LogP contribution in [0.25, 0.3) is 0 Å². The molecule has 1 aromatic rings. The van der Waals surface area contributed by atoms with Crippen molar-refractivity contribution in [3.63, 3.8) is 0 Å². The molecule has 20 heavy (non-hydrogen) atoms. The highest BCUT2D eigenvalue weighted by molar-refractivity contribution is 5.85. The highest BCUT2D eigenvalue weighted by Crippen LogP contribution is 2.29. The number of ether oxygens (including phenoxy) is 1. The monoisotopic (exact) mass is 277 g/mol. The third kappa shape index (κ3) is 3.92. The summed E-state index contributed by atoms with van der Waals surface area (Å²) in [4.78, 5) is 19.5. The third-order valence-corrected chi connectivity index (χ3v) is 3.92. The maximum Gasteiger partial charge on any atom is 0.376 e.